The van der Waals surface area contributed by atoms with Crippen LogP contribution in [0.2, 0.25) is 0 Å². The molecule has 9 heteroatoms. The highest BCUT2D eigenvalue weighted by molar-refractivity contribution is 7.13. The van der Waals surface area contributed by atoms with Crippen LogP contribution >= 0.6 is 11.3 Å². The number of hydrogen-bond donors (Lipinski definition) is 3. The predicted molar refractivity (Wildman–Crippen MR) is 121 cm³/mol. The van der Waals surface area contributed by atoms with Crippen LogP contribution in [0.3, 0.4) is 0 Å². The van der Waals surface area contributed by atoms with Gasteiger partial charge in [-0.15, -0.1) is 11.3 Å². The number of hydrogen-bond acceptors (Lipinski definition) is 5. The van der Waals surface area contributed by atoms with Crippen LogP contribution in [0.25, 0.3) is 10.9 Å². The van der Waals surface area contributed by atoms with Crippen LogP contribution in [0.15, 0.2) is 24.3 Å². The molecule has 1 aliphatic heterocycles. The number of amides is 2. The molecule has 7 nitrogen and oxygen atoms in total. The Bertz CT molecular complexity index is 1170. The van der Waals surface area contributed by atoms with Crippen LogP contribution in [-0.2, 0) is 13.0 Å². The van der Waals surface area contributed by atoms with Crippen LogP contribution < -0.4 is 10.6 Å². The van der Waals surface area contributed by atoms with Crippen molar-refractivity contribution in [2.24, 2.45) is 0 Å². The van der Waals surface area contributed by atoms with Crippen LogP contribution in [0.1, 0.15) is 56.5 Å². The third kappa shape index (κ3) is 4.27. The molecule has 1 fully saturated rings. The van der Waals surface area contributed by atoms with E-state index in [1.807, 2.05) is 0 Å². The Morgan fingerprint density at radius 3 is 2.69 bits per heavy atom. The van der Waals surface area contributed by atoms with Gasteiger partial charge in [0.15, 0.2) is 5.01 Å². The highest BCUT2D eigenvalue weighted by Gasteiger charge is 2.30. The lowest BCUT2D eigenvalue weighted by Gasteiger charge is -2.32. The molecule has 32 heavy (non-hydrogen) atoms. The van der Waals surface area contributed by atoms with Crippen molar-refractivity contribution in [2.75, 3.05) is 13.6 Å². The van der Waals surface area contributed by atoms with Crippen molar-refractivity contribution in [2.45, 2.75) is 50.7 Å². The molecular weight excluding hydrogens is 429 g/mol. The highest BCUT2D eigenvalue weighted by atomic mass is 32.1. The van der Waals surface area contributed by atoms with Crippen molar-refractivity contribution in [3.63, 3.8) is 0 Å². The third-order valence-corrected chi connectivity index (χ3v) is 7.42. The minimum absolute atomic E-state index is 0.148. The van der Waals surface area contributed by atoms with E-state index < -0.39 is 0 Å². The maximum atomic E-state index is 13.5. The summed E-state index contributed by atoms with van der Waals surface area (Å²) in [5.41, 5.74) is 2.13. The molecule has 0 spiro atoms. The molecule has 0 bridgehead atoms. The SMILES string of the molecule is CN1CCc2nc(C(=O)NC3CCCCC3NC(=O)c3cc4cc(F)ccc4[nH]3)sc2C1. The van der Waals surface area contributed by atoms with E-state index in [9.17, 15) is 14.0 Å². The quantitative estimate of drug-likeness (QED) is 0.564. The lowest BCUT2D eigenvalue weighted by Crippen LogP contribution is -2.53. The van der Waals surface area contributed by atoms with Crippen LogP contribution in [0, 0.1) is 5.82 Å². The Kier molecular flexibility index (Phi) is 5.69. The summed E-state index contributed by atoms with van der Waals surface area (Å²) in [7, 11) is 2.07. The number of carbonyl (C=O) groups excluding carboxylic acids is 2. The van der Waals surface area contributed by atoms with E-state index in [0.29, 0.717) is 21.6 Å². The molecule has 2 amide bonds. The van der Waals surface area contributed by atoms with Gasteiger partial charge in [0.25, 0.3) is 11.8 Å². The van der Waals surface area contributed by atoms with Gasteiger partial charge >= 0.3 is 0 Å². The van der Waals surface area contributed by atoms with Gasteiger partial charge in [0.2, 0.25) is 0 Å². The van der Waals surface area contributed by atoms with Crippen LogP contribution in [0.4, 0.5) is 4.39 Å². The fourth-order valence-electron chi connectivity index (χ4n) is 4.60. The molecule has 5 rings (SSSR count). The van der Waals surface area contributed by atoms with Gasteiger partial charge in [-0.05, 0) is 44.2 Å². The topological polar surface area (TPSA) is 90.1 Å². The van der Waals surface area contributed by atoms with Gasteiger partial charge in [-0.2, -0.15) is 0 Å². The summed E-state index contributed by atoms with van der Waals surface area (Å²) < 4.78 is 13.5. The minimum Gasteiger partial charge on any atom is -0.351 e. The number of nitrogens with one attached hydrogen (secondary N) is 3. The number of thiazole rings is 1. The summed E-state index contributed by atoms with van der Waals surface area (Å²) in [6.07, 6.45) is 4.47. The number of halogens is 1. The summed E-state index contributed by atoms with van der Waals surface area (Å²) in [5.74, 6) is -0.756. The third-order valence-electron chi connectivity index (χ3n) is 6.34. The molecule has 3 heterocycles. The molecular formula is C23H26FN5O2S. The highest BCUT2D eigenvalue weighted by Crippen LogP contribution is 2.26. The van der Waals surface area contributed by atoms with E-state index in [1.165, 1.54) is 23.5 Å². The number of benzene rings is 1. The van der Waals surface area contributed by atoms with Crippen LogP contribution in [-0.4, -0.2) is 52.4 Å². The molecule has 2 aliphatic rings. The number of carbonyl (C=O) groups is 2. The normalized spacial score (nSPS) is 21.3. The maximum Gasteiger partial charge on any atom is 0.280 e. The number of aromatic nitrogens is 2. The lowest BCUT2D eigenvalue weighted by atomic mass is 9.90. The van der Waals surface area contributed by atoms with Gasteiger partial charge in [0.05, 0.1) is 5.69 Å². The van der Waals surface area contributed by atoms with Crippen molar-refractivity contribution in [3.05, 3.63) is 51.4 Å². The second-order valence-corrected chi connectivity index (χ2v) is 9.82. The molecule has 0 saturated heterocycles. The van der Waals surface area contributed by atoms with E-state index in [-0.39, 0.29) is 29.7 Å². The average Bonchev–Trinajstić information content (AvgIpc) is 3.38. The van der Waals surface area contributed by atoms with Crippen molar-refractivity contribution in [1.29, 1.82) is 0 Å². The zero-order valence-corrected chi connectivity index (χ0v) is 18.7. The molecule has 2 unspecified atom stereocenters. The number of likely N-dealkylation sites (N-methyl/N-ethyl adjacent to an activating group) is 1. The molecule has 3 N–H and O–H groups in total. The van der Waals surface area contributed by atoms with Gasteiger partial charge in [-0.3, -0.25) is 9.59 Å². The second-order valence-electron chi connectivity index (χ2n) is 8.74. The lowest BCUT2D eigenvalue weighted by molar-refractivity contribution is 0.0860. The van der Waals surface area contributed by atoms with Gasteiger partial charge in [0.1, 0.15) is 11.5 Å². The Morgan fingerprint density at radius 1 is 1.16 bits per heavy atom. The van der Waals surface area contributed by atoms with E-state index in [0.717, 1.165) is 55.8 Å². The van der Waals surface area contributed by atoms with Gasteiger partial charge in [0, 0.05) is 47.4 Å². The summed E-state index contributed by atoms with van der Waals surface area (Å²) in [5, 5.41) is 7.34. The second kappa shape index (κ2) is 8.63. The molecule has 1 aliphatic carbocycles. The van der Waals surface area contributed by atoms with Crippen molar-refractivity contribution in [3.8, 4) is 0 Å². The molecule has 0 radical (unpaired) electrons. The summed E-state index contributed by atoms with van der Waals surface area (Å²) in [6.45, 7) is 1.78. The van der Waals surface area contributed by atoms with E-state index in [2.05, 4.69) is 32.5 Å². The summed E-state index contributed by atoms with van der Waals surface area (Å²) in [6, 6.07) is 5.73. The largest absolute Gasteiger partial charge is 0.351 e. The Labute approximate surface area is 189 Å². The Morgan fingerprint density at radius 2 is 1.91 bits per heavy atom. The Hall–Kier alpha value is -2.78. The average molecular weight is 456 g/mol. The molecule has 1 saturated carbocycles. The molecule has 1 aromatic carbocycles. The number of H-pyrrole nitrogens is 1. The molecule has 2 aromatic heterocycles. The van der Waals surface area contributed by atoms with E-state index in [4.69, 9.17) is 0 Å². The molecule has 2 atom stereocenters. The zero-order chi connectivity index (χ0) is 22.2. The zero-order valence-electron chi connectivity index (χ0n) is 17.9. The van der Waals surface area contributed by atoms with E-state index in [1.54, 1.807) is 12.1 Å². The fraction of sp³-hybridized carbons (Fsp3) is 0.435. The number of rotatable bonds is 4. The fourth-order valence-corrected chi connectivity index (χ4v) is 5.69. The van der Waals surface area contributed by atoms with Crippen molar-refractivity contribution < 1.29 is 14.0 Å². The number of aromatic amines is 1. The monoisotopic (exact) mass is 455 g/mol. The first-order chi connectivity index (χ1) is 15.5. The molecule has 3 aromatic rings. The van der Waals surface area contributed by atoms with Crippen LogP contribution in [0.5, 0.6) is 0 Å². The smallest absolute Gasteiger partial charge is 0.280 e. The first-order valence-electron chi connectivity index (χ1n) is 11.0. The summed E-state index contributed by atoms with van der Waals surface area (Å²) in [4.78, 5) is 36.8. The van der Waals surface area contributed by atoms with Gasteiger partial charge < -0.3 is 20.5 Å². The minimum atomic E-state index is -0.339. The predicted octanol–water partition coefficient (Wildman–Crippen LogP) is 3.22. The standard InChI is InChI=1S/C23H26FN5O2S/c1-29-9-8-18-20(12-29)32-23(28-18)22(31)27-17-5-3-2-4-16(17)26-21(30)19-11-13-10-14(24)6-7-15(13)25-19/h6-7,10-11,16-17,25H,2-5,8-9,12H2,1H3,(H,26,30)(H,27,31). The van der Waals surface area contributed by atoms with Gasteiger partial charge in [-0.1, -0.05) is 12.8 Å². The Balaban J connectivity index is 1.27. The maximum absolute atomic E-state index is 13.5. The molecule has 168 valence electrons. The first-order valence-corrected chi connectivity index (χ1v) is 11.8. The van der Waals surface area contributed by atoms with Crippen molar-refractivity contribution in [1.82, 2.24) is 25.5 Å². The van der Waals surface area contributed by atoms with Crippen molar-refractivity contribution >= 4 is 34.1 Å². The first kappa shape index (κ1) is 21.1. The summed E-state index contributed by atoms with van der Waals surface area (Å²) >= 11 is 1.46. The van der Waals surface area contributed by atoms with Gasteiger partial charge in [-0.25, -0.2) is 9.37 Å². The number of fused-ring (bicyclic) bond motifs is 2. The number of nitrogens with zero attached hydrogens (tertiary/aromatic N) is 2. The van der Waals surface area contributed by atoms with E-state index >= 15 is 0 Å².